The molecule has 0 aromatic heterocycles. The van der Waals surface area contributed by atoms with E-state index in [1.165, 1.54) is 109 Å². The summed E-state index contributed by atoms with van der Waals surface area (Å²) in [6, 6.07) is 0. The number of ether oxygens (including phenoxy) is 2. The first-order chi connectivity index (χ1) is 19.6. The van der Waals surface area contributed by atoms with Crippen LogP contribution in [-0.4, -0.2) is 36.4 Å². The zero-order valence-corrected chi connectivity index (χ0v) is 26.6. The Morgan fingerprint density at radius 3 is 1.35 bits per heavy atom. The molecule has 0 aliphatic rings. The predicted molar refractivity (Wildman–Crippen MR) is 168 cm³/mol. The summed E-state index contributed by atoms with van der Waals surface area (Å²) in [6.07, 6.45) is 34.0. The number of aliphatic hydroxyl groups is 1. The zero-order valence-electron chi connectivity index (χ0n) is 26.6. The molecule has 0 amide bonds. The Bertz CT molecular complexity index is 574. The van der Waals surface area contributed by atoms with Crippen molar-refractivity contribution in [3.63, 3.8) is 0 Å². The topological polar surface area (TPSA) is 72.8 Å². The molecule has 0 rings (SSSR count). The largest absolute Gasteiger partial charge is 0.462 e. The van der Waals surface area contributed by atoms with E-state index < -0.39 is 6.10 Å². The summed E-state index contributed by atoms with van der Waals surface area (Å²) >= 11 is 0. The molecular weight excluding hydrogens is 500 g/mol. The molecule has 236 valence electrons. The van der Waals surface area contributed by atoms with Gasteiger partial charge in [0.25, 0.3) is 0 Å². The Morgan fingerprint density at radius 1 is 0.550 bits per heavy atom. The normalized spacial score (nSPS) is 12.2. The van der Waals surface area contributed by atoms with Crippen molar-refractivity contribution in [2.75, 3.05) is 13.2 Å². The summed E-state index contributed by atoms with van der Waals surface area (Å²) < 4.78 is 10.5. The van der Waals surface area contributed by atoms with Crippen molar-refractivity contribution in [1.82, 2.24) is 0 Å². The zero-order chi connectivity index (χ0) is 29.4. The summed E-state index contributed by atoms with van der Waals surface area (Å²) in [5.74, 6) is -0.596. The molecular formula is C35H66O5. The van der Waals surface area contributed by atoms with Crippen LogP contribution in [0.15, 0.2) is 12.2 Å². The van der Waals surface area contributed by atoms with Crippen molar-refractivity contribution in [3.8, 4) is 0 Å². The monoisotopic (exact) mass is 566 g/mol. The molecule has 5 nitrogen and oxygen atoms in total. The lowest BCUT2D eigenvalue weighted by molar-refractivity contribution is -0.161. The molecule has 0 bridgehead atoms. The first-order valence-corrected chi connectivity index (χ1v) is 17.2. The van der Waals surface area contributed by atoms with E-state index in [0.717, 1.165) is 44.9 Å². The molecule has 1 unspecified atom stereocenters. The van der Waals surface area contributed by atoms with Crippen molar-refractivity contribution in [1.29, 1.82) is 0 Å². The Kier molecular flexibility index (Phi) is 31.1. The Balaban J connectivity index is 3.57. The van der Waals surface area contributed by atoms with Crippen LogP contribution in [0.1, 0.15) is 181 Å². The van der Waals surface area contributed by atoms with E-state index in [1.807, 2.05) is 0 Å². The van der Waals surface area contributed by atoms with E-state index in [9.17, 15) is 14.7 Å². The molecule has 0 heterocycles. The SMILES string of the molecule is CCCCCCC/C=C\CCCCCCCC(=O)OC(CO)COC(=O)CCCCCCCCCCCCCC. The second kappa shape index (κ2) is 32.2. The maximum atomic E-state index is 12.1. The maximum Gasteiger partial charge on any atom is 0.306 e. The average Bonchev–Trinajstić information content (AvgIpc) is 2.96. The fourth-order valence-electron chi connectivity index (χ4n) is 4.90. The average molecular weight is 567 g/mol. The van der Waals surface area contributed by atoms with Gasteiger partial charge in [0, 0.05) is 12.8 Å². The van der Waals surface area contributed by atoms with E-state index in [2.05, 4.69) is 26.0 Å². The quantitative estimate of drug-likeness (QED) is 0.0513. The number of carbonyl (C=O) groups excluding carboxylic acids is 2. The lowest BCUT2D eigenvalue weighted by atomic mass is 10.0. The van der Waals surface area contributed by atoms with Crippen LogP contribution in [0.25, 0.3) is 0 Å². The van der Waals surface area contributed by atoms with E-state index in [4.69, 9.17) is 9.47 Å². The smallest absolute Gasteiger partial charge is 0.306 e. The van der Waals surface area contributed by atoms with Gasteiger partial charge in [0.05, 0.1) is 6.61 Å². The molecule has 0 saturated carbocycles. The van der Waals surface area contributed by atoms with Gasteiger partial charge >= 0.3 is 11.9 Å². The first-order valence-electron chi connectivity index (χ1n) is 17.2. The first kappa shape index (κ1) is 38.6. The summed E-state index contributed by atoms with van der Waals surface area (Å²) in [6.45, 7) is 4.11. The number of hydrogen-bond donors (Lipinski definition) is 1. The van der Waals surface area contributed by atoms with Gasteiger partial charge in [-0.3, -0.25) is 9.59 Å². The summed E-state index contributed by atoms with van der Waals surface area (Å²) in [7, 11) is 0. The van der Waals surface area contributed by atoms with Crippen molar-refractivity contribution in [2.24, 2.45) is 0 Å². The Hall–Kier alpha value is -1.36. The van der Waals surface area contributed by atoms with Crippen LogP contribution in [0.4, 0.5) is 0 Å². The molecule has 1 N–H and O–H groups in total. The number of esters is 2. The van der Waals surface area contributed by atoms with Gasteiger partial charge in [-0.2, -0.15) is 0 Å². The molecule has 0 aliphatic heterocycles. The molecule has 40 heavy (non-hydrogen) atoms. The van der Waals surface area contributed by atoms with E-state index in [1.54, 1.807) is 0 Å². The van der Waals surface area contributed by atoms with Crippen LogP contribution < -0.4 is 0 Å². The van der Waals surface area contributed by atoms with Crippen LogP contribution in [0.5, 0.6) is 0 Å². The molecule has 0 aromatic carbocycles. The summed E-state index contributed by atoms with van der Waals surface area (Å²) in [5, 5.41) is 9.50. The van der Waals surface area contributed by atoms with Crippen LogP contribution in [-0.2, 0) is 19.1 Å². The highest BCUT2D eigenvalue weighted by Gasteiger charge is 2.16. The molecule has 0 aliphatic carbocycles. The minimum atomic E-state index is -0.767. The van der Waals surface area contributed by atoms with E-state index in [0.29, 0.717) is 12.8 Å². The molecule has 0 saturated heterocycles. The highest BCUT2D eigenvalue weighted by Crippen LogP contribution is 2.13. The van der Waals surface area contributed by atoms with Crippen LogP contribution in [0.3, 0.4) is 0 Å². The minimum Gasteiger partial charge on any atom is -0.462 e. The molecule has 0 aromatic rings. The Labute approximate surface area is 248 Å². The van der Waals surface area contributed by atoms with Gasteiger partial charge in [0.1, 0.15) is 6.61 Å². The third-order valence-corrected chi connectivity index (χ3v) is 7.56. The number of allylic oxidation sites excluding steroid dienone is 2. The number of hydrogen-bond acceptors (Lipinski definition) is 5. The predicted octanol–water partition coefficient (Wildman–Crippen LogP) is 10.2. The number of unbranched alkanes of at least 4 members (excludes halogenated alkanes) is 21. The molecule has 0 fully saturated rings. The molecule has 0 radical (unpaired) electrons. The third kappa shape index (κ3) is 29.6. The van der Waals surface area contributed by atoms with Crippen LogP contribution in [0.2, 0.25) is 0 Å². The van der Waals surface area contributed by atoms with Gasteiger partial charge in [0.2, 0.25) is 0 Å². The van der Waals surface area contributed by atoms with E-state index in [-0.39, 0.29) is 25.2 Å². The molecule has 5 heteroatoms. The van der Waals surface area contributed by atoms with Crippen molar-refractivity contribution in [2.45, 2.75) is 187 Å². The third-order valence-electron chi connectivity index (χ3n) is 7.56. The van der Waals surface area contributed by atoms with Gasteiger partial charge in [0.15, 0.2) is 6.10 Å². The highest BCUT2D eigenvalue weighted by molar-refractivity contribution is 5.70. The Morgan fingerprint density at radius 2 is 0.925 bits per heavy atom. The number of rotatable bonds is 31. The van der Waals surface area contributed by atoms with Gasteiger partial charge < -0.3 is 14.6 Å². The summed E-state index contributed by atoms with van der Waals surface area (Å²) in [4.78, 5) is 24.1. The van der Waals surface area contributed by atoms with Crippen molar-refractivity contribution < 1.29 is 24.2 Å². The van der Waals surface area contributed by atoms with Gasteiger partial charge in [-0.15, -0.1) is 0 Å². The second-order valence-electron chi connectivity index (χ2n) is 11.6. The molecule has 1 atom stereocenters. The van der Waals surface area contributed by atoms with Crippen LogP contribution >= 0.6 is 0 Å². The lowest BCUT2D eigenvalue weighted by Gasteiger charge is -2.15. The van der Waals surface area contributed by atoms with Crippen LogP contribution in [0, 0.1) is 0 Å². The minimum absolute atomic E-state index is 0.0639. The lowest BCUT2D eigenvalue weighted by Crippen LogP contribution is -2.28. The highest BCUT2D eigenvalue weighted by atomic mass is 16.6. The van der Waals surface area contributed by atoms with Gasteiger partial charge in [-0.05, 0) is 38.5 Å². The van der Waals surface area contributed by atoms with Gasteiger partial charge in [-0.1, -0.05) is 142 Å². The maximum absolute atomic E-state index is 12.1. The van der Waals surface area contributed by atoms with Crippen molar-refractivity contribution >= 4 is 11.9 Å². The fraction of sp³-hybridized carbons (Fsp3) is 0.886. The summed E-state index contributed by atoms with van der Waals surface area (Å²) in [5.41, 5.74) is 0. The second-order valence-corrected chi connectivity index (χ2v) is 11.6. The van der Waals surface area contributed by atoms with E-state index >= 15 is 0 Å². The van der Waals surface area contributed by atoms with Gasteiger partial charge in [-0.25, -0.2) is 0 Å². The number of aliphatic hydroxyl groups excluding tert-OH is 1. The van der Waals surface area contributed by atoms with Crippen molar-refractivity contribution in [3.05, 3.63) is 12.2 Å². The number of carbonyl (C=O) groups is 2. The standard InChI is InChI=1S/C35H66O5/c1-3-5-7-9-11-13-15-17-18-20-22-24-26-28-30-35(38)40-33(31-36)32-39-34(37)29-27-25-23-21-19-16-14-12-10-8-6-4-2/h15,17,33,36H,3-14,16,18-32H2,1-2H3/b17-15-. The fourth-order valence-corrected chi connectivity index (χ4v) is 4.90. The molecule has 0 spiro atoms.